The maximum atomic E-state index is 11.3. The number of aliphatic hydroxyl groups excluding tert-OH is 1. The van der Waals surface area contributed by atoms with Gasteiger partial charge in [-0.1, -0.05) is 12.2 Å². The third-order valence-electron chi connectivity index (χ3n) is 2.16. The third-order valence-corrected chi connectivity index (χ3v) is 2.16. The Morgan fingerprint density at radius 3 is 3.06 bits per heavy atom. The number of urea groups is 1. The van der Waals surface area contributed by atoms with Crippen molar-refractivity contribution < 1.29 is 14.3 Å². The molecule has 0 radical (unpaired) electrons. The molecule has 0 saturated carbocycles. The van der Waals surface area contributed by atoms with E-state index in [9.17, 15) is 9.90 Å². The first-order chi connectivity index (χ1) is 8.24. The molecule has 2 amide bonds. The molecule has 17 heavy (non-hydrogen) atoms. The first-order valence-electron chi connectivity index (χ1n) is 5.58. The molecule has 1 aromatic heterocycles. The molecule has 1 aromatic rings. The molecule has 0 aliphatic rings. The quantitative estimate of drug-likeness (QED) is 0.520. The first-order valence-corrected chi connectivity index (χ1v) is 5.58. The Labute approximate surface area is 101 Å². The molecule has 1 heterocycles. The summed E-state index contributed by atoms with van der Waals surface area (Å²) in [6, 6.07) is 3.06. The highest BCUT2D eigenvalue weighted by Crippen LogP contribution is 2.11. The van der Waals surface area contributed by atoms with Crippen LogP contribution in [-0.2, 0) is 0 Å². The van der Waals surface area contributed by atoms with Gasteiger partial charge in [0.1, 0.15) is 11.9 Å². The average molecular weight is 238 g/mol. The first kappa shape index (κ1) is 13.3. The second-order valence-corrected chi connectivity index (χ2v) is 3.53. The predicted octanol–water partition coefficient (Wildman–Crippen LogP) is 1.58. The summed E-state index contributed by atoms with van der Waals surface area (Å²) >= 11 is 0. The summed E-state index contributed by atoms with van der Waals surface area (Å²) in [5.41, 5.74) is 0. The fourth-order valence-corrected chi connectivity index (χ4v) is 1.27. The van der Waals surface area contributed by atoms with Gasteiger partial charge in [-0.15, -0.1) is 0 Å². The van der Waals surface area contributed by atoms with Crippen molar-refractivity contribution in [1.82, 2.24) is 10.6 Å². The number of aliphatic hydroxyl groups is 1. The Bertz CT molecular complexity index is 347. The summed E-state index contributed by atoms with van der Waals surface area (Å²) < 4.78 is 5.01. The van der Waals surface area contributed by atoms with Crippen molar-refractivity contribution in [3.63, 3.8) is 0 Å². The summed E-state index contributed by atoms with van der Waals surface area (Å²) in [5, 5.41) is 14.9. The number of carbonyl (C=O) groups is 1. The Kier molecular flexibility index (Phi) is 5.88. The van der Waals surface area contributed by atoms with Crippen LogP contribution >= 0.6 is 0 Å². The number of amides is 2. The van der Waals surface area contributed by atoms with E-state index in [2.05, 4.69) is 10.6 Å². The molecule has 0 bridgehead atoms. The van der Waals surface area contributed by atoms with Crippen LogP contribution < -0.4 is 10.6 Å². The van der Waals surface area contributed by atoms with Crippen LogP contribution in [0.2, 0.25) is 0 Å². The van der Waals surface area contributed by atoms with E-state index in [-0.39, 0.29) is 12.6 Å². The molecule has 0 fully saturated rings. The number of allylic oxidation sites excluding steroid dienone is 1. The highest BCUT2D eigenvalue weighted by molar-refractivity contribution is 5.73. The smallest absolute Gasteiger partial charge is 0.314 e. The predicted molar refractivity (Wildman–Crippen MR) is 64.5 cm³/mol. The van der Waals surface area contributed by atoms with Crippen molar-refractivity contribution in [3.8, 4) is 0 Å². The zero-order valence-corrected chi connectivity index (χ0v) is 9.85. The zero-order chi connectivity index (χ0) is 12.5. The van der Waals surface area contributed by atoms with Crippen molar-refractivity contribution in [2.45, 2.75) is 19.4 Å². The van der Waals surface area contributed by atoms with E-state index >= 15 is 0 Å². The molecule has 0 saturated heterocycles. The normalized spacial score (nSPS) is 12.6. The van der Waals surface area contributed by atoms with Crippen molar-refractivity contribution >= 4 is 6.03 Å². The van der Waals surface area contributed by atoms with Gasteiger partial charge in [0.25, 0.3) is 0 Å². The average Bonchev–Trinajstić information content (AvgIpc) is 2.85. The third kappa shape index (κ3) is 5.21. The number of nitrogens with one attached hydrogen (secondary N) is 2. The van der Waals surface area contributed by atoms with Gasteiger partial charge >= 0.3 is 6.03 Å². The Hall–Kier alpha value is -1.75. The van der Waals surface area contributed by atoms with E-state index in [0.717, 1.165) is 6.42 Å². The summed E-state index contributed by atoms with van der Waals surface area (Å²) in [5.74, 6) is 0.444. The van der Waals surface area contributed by atoms with Gasteiger partial charge < -0.3 is 20.2 Å². The van der Waals surface area contributed by atoms with Crippen LogP contribution in [0.15, 0.2) is 35.0 Å². The van der Waals surface area contributed by atoms with Gasteiger partial charge in [0, 0.05) is 6.54 Å². The number of carbonyl (C=O) groups excluding carboxylic acids is 1. The van der Waals surface area contributed by atoms with Gasteiger partial charge in [-0.3, -0.25) is 0 Å². The summed E-state index contributed by atoms with van der Waals surface area (Å²) in [4.78, 5) is 11.3. The lowest BCUT2D eigenvalue weighted by molar-refractivity contribution is 0.148. The minimum atomic E-state index is -0.814. The highest BCUT2D eigenvalue weighted by atomic mass is 16.4. The lowest BCUT2D eigenvalue weighted by Gasteiger charge is -2.10. The fraction of sp³-hybridized carbons (Fsp3) is 0.417. The van der Waals surface area contributed by atoms with Crippen molar-refractivity contribution in [2.75, 3.05) is 13.1 Å². The Balaban J connectivity index is 2.15. The summed E-state index contributed by atoms with van der Waals surface area (Å²) in [6.45, 7) is 2.63. The van der Waals surface area contributed by atoms with Crippen molar-refractivity contribution in [3.05, 3.63) is 36.3 Å². The SMILES string of the molecule is CC=CCCNC(=O)NCC(O)c1ccco1. The largest absolute Gasteiger partial charge is 0.467 e. The van der Waals surface area contributed by atoms with Crippen LogP contribution in [0.1, 0.15) is 25.2 Å². The number of rotatable bonds is 6. The molecule has 0 aliphatic heterocycles. The molecular formula is C12H18N2O3. The van der Waals surface area contributed by atoms with Gasteiger partial charge in [-0.2, -0.15) is 0 Å². The van der Waals surface area contributed by atoms with E-state index in [0.29, 0.717) is 12.3 Å². The molecule has 94 valence electrons. The van der Waals surface area contributed by atoms with E-state index in [1.165, 1.54) is 6.26 Å². The van der Waals surface area contributed by atoms with Crippen molar-refractivity contribution in [2.24, 2.45) is 0 Å². The van der Waals surface area contributed by atoms with E-state index < -0.39 is 6.10 Å². The highest BCUT2D eigenvalue weighted by Gasteiger charge is 2.11. The van der Waals surface area contributed by atoms with Gasteiger partial charge in [0.05, 0.1) is 12.8 Å². The van der Waals surface area contributed by atoms with Gasteiger partial charge in [0.15, 0.2) is 0 Å². The minimum absolute atomic E-state index is 0.128. The van der Waals surface area contributed by atoms with E-state index in [1.54, 1.807) is 12.1 Å². The van der Waals surface area contributed by atoms with E-state index in [1.807, 2.05) is 19.1 Å². The minimum Gasteiger partial charge on any atom is -0.467 e. The monoisotopic (exact) mass is 238 g/mol. The zero-order valence-electron chi connectivity index (χ0n) is 9.85. The van der Waals surface area contributed by atoms with Crippen LogP contribution in [0.5, 0.6) is 0 Å². The van der Waals surface area contributed by atoms with Crippen LogP contribution in [-0.4, -0.2) is 24.2 Å². The molecule has 1 rings (SSSR count). The van der Waals surface area contributed by atoms with Crippen LogP contribution in [0.3, 0.4) is 0 Å². The molecule has 1 unspecified atom stereocenters. The topological polar surface area (TPSA) is 74.5 Å². The lowest BCUT2D eigenvalue weighted by Crippen LogP contribution is -2.38. The molecule has 5 heteroatoms. The van der Waals surface area contributed by atoms with Crippen LogP contribution in [0.25, 0.3) is 0 Å². The van der Waals surface area contributed by atoms with Crippen LogP contribution in [0.4, 0.5) is 4.79 Å². The Morgan fingerprint density at radius 2 is 2.41 bits per heavy atom. The molecule has 0 aliphatic carbocycles. The molecule has 1 atom stereocenters. The summed E-state index contributed by atoms with van der Waals surface area (Å²) in [6.07, 6.45) is 5.37. The number of furan rings is 1. The lowest BCUT2D eigenvalue weighted by atomic mass is 10.3. The van der Waals surface area contributed by atoms with Crippen molar-refractivity contribution in [1.29, 1.82) is 0 Å². The second-order valence-electron chi connectivity index (χ2n) is 3.53. The van der Waals surface area contributed by atoms with Crippen LogP contribution in [0, 0.1) is 0 Å². The molecule has 3 N–H and O–H groups in total. The molecule has 0 spiro atoms. The standard InChI is InChI=1S/C12H18N2O3/c1-2-3-4-7-13-12(16)14-9-10(15)11-6-5-8-17-11/h2-3,5-6,8,10,15H,4,7,9H2,1H3,(H2,13,14,16). The van der Waals surface area contributed by atoms with E-state index in [4.69, 9.17) is 4.42 Å². The molecular weight excluding hydrogens is 220 g/mol. The maximum absolute atomic E-state index is 11.3. The number of hydrogen-bond donors (Lipinski definition) is 3. The molecule has 5 nitrogen and oxygen atoms in total. The second kappa shape index (κ2) is 7.51. The molecule has 0 aromatic carbocycles. The number of hydrogen-bond acceptors (Lipinski definition) is 3. The van der Waals surface area contributed by atoms with Gasteiger partial charge in [-0.25, -0.2) is 4.79 Å². The maximum Gasteiger partial charge on any atom is 0.314 e. The Morgan fingerprint density at radius 1 is 1.59 bits per heavy atom. The summed E-state index contributed by atoms with van der Waals surface area (Å²) in [7, 11) is 0. The fourth-order valence-electron chi connectivity index (χ4n) is 1.27. The van der Waals surface area contributed by atoms with Gasteiger partial charge in [-0.05, 0) is 25.5 Å². The van der Waals surface area contributed by atoms with Gasteiger partial charge in [0.2, 0.25) is 0 Å².